The van der Waals surface area contributed by atoms with Gasteiger partial charge in [0.1, 0.15) is 5.75 Å². The predicted molar refractivity (Wildman–Crippen MR) is 225 cm³/mol. The van der Waals surface area contributed by atoms with E-state index in [1.165, 1.54) is 98.6 Å². The second-order valence-electron chi connectivity index (χ2n) is 12.2. The van der Waals surface area contributed by atoms with E-state index < -0.39 is 5.97 Å². The number of ether oxygens (including phenoxy) is 3. The monoisotopic (exact) mass is 930 g/mol. The number of carboxylic acids is 1. The van der Waals surface area contributed by atoms with Gasteiger partial charge in [-0.05, 0) is 55.3 Å². The molecule has 59 heavy (non-hydrogen) atoms. The molecular weight excluding hydrogens is 882 g/mol. The van der Waals surface area contributed by atoms with E-state index in [9.17, 15) is 19.2 Å². The normalized spacial score (nSPS) is 9.44. The standard InChI is InChI=1S/C28H40N2O4.C12H8N2O4.CHNS.CNS.Ru/c1-3-5-7-9-11-13-19-33-27(31)23-15-17-29-25(21-23)26-22-24(16-18-30-26)28(32)34-20-14-12-10-8-6-4-2;15-7-18-9-2-4-14-11(6-9)10-5-8(12(16)17)1-3-13-10;2*2-1-3;/h15-18,21-22H,3-14,19-20H2,1-2H3;1-7H,(H,16,17);3H;;/q;;;-1;+2/p-1. The van der Waals surface area contributed by atoms with E-state index in [4.69, 9.17) is 25.3 Å². The number of hydrogen-bond acceptors (Lipinski definition) is 14. The molecule has 0 aliphatic heterocycles. The number of unbranched alkanes of at least 4 members (excludes halogenated alkanes) is 10. The van der Waals surface area contributed by atoms with E-state index in [-0.39, 0.29) is 37.0 Å². The maximum atomic E-state index is 12.4. The SMILES string of the molecule is CCCCCCCCOC(=O)c1ccnc(-c2cc(C(=O)OCCCCCCCC)ccn2)c1.N#C[S-].O=COc1ccnc(-c2cc(C(=O)O)ccn2)c1.[N-]=C=S.[Ru+2]. The Morgan fingerprint density at radius 1 is 0.695 bits per heavy atom. The fourth-order valence-corrected chi connectivity index (χ4v) is 5.04. The molecule has 314 valence electrons. The molecule has 0 aliphatic rings. The summed E-state index contributed by atoms with van der Waals surface area (Å²) >= 11 is 7.40. The molecule has 14 nitrogen and oxygen atoms in total. The number of aromatic carboxylic acids is 1. The van der Waals surface area contributed by atoms with Crippen LogP contribution in [0, 0.1) is 10.7 Å². The van der Waals surface area contributed by atoms with Crippen LogP contribution in [0.1, 0.15) is 122 Å². The number of carbonyl (C=O) groups excluding carboxylic acids is 3. The number of rotatable bonds is 21. The van der Waals surface area contributed by atoms with E-state index in [0.717, 1.165) is 25.7 Å². The Morgan fingerprint density at radius 2 is 1.03 bits per heavy atom. The zero-order chi connectivity index (χ0) is 42.8. The second-order valence-corrected chi connectivity index (χ2v) is 12.5. The Kier molecular flexibility index (Phi) is 31.5. The van der Waals surface area contributed by atoms with Crippen LogP contribution < -0.4 is 4.74 Å². The zero-order valence-electron chi connectivity index (χ0n) is 33.1. The van der Waals surface area contributed by atoms with Crippen molar-refractivity contribution in [1.82, 2.24) is 19.9 Å². The smallest absolute Gasteiger partial charge is 0.753 e. The Bertz CT molecular complexity index is 1850. The third-order valence-electron chi connectivity index (χ3n) is 7.90. The average molecular weight is 930 g/mol. The summed E-state index contributed by atoms with van der Waals surface area (Å²) in [7, 11) is 0. The van der Waals surface area contributed by atoms with Crippen LogP contribution in [0.5, 0.6) is 5.75 Å². The molecule has 0 spiro atoms. The molecule has 0 bridgehead atoms. The Morgan fingerprint density at radius 3 is 1.42 bits per heavy atom. The Balaban J connectivity index is 0.00000112. The van der Waals surface area contributed by atoms with Gasteiger partial charge in [-0.25, -0.2) is 19.6 Å². The van der Waals surface area contributed by atoms with Crippen molar-refractivity contribution in [2.24, 2.45) is 0 Å². The number of isothiocyanates is 1. The summed E-state index contributed by atoms with van der Waals surface area (Å²) in [6.45, 7) is 5.53. The number of thiocarbonyl (C=S) groups is 1. The van der Waals surface area contributed by atoms with Crippen LogP contribution in [-0.4, -0.2) is 67.8 Å². The number of pyridine rings is 4. The molecule has 0 saturated heterocycles. The molecule has 4 heterocycles. The summed E-state index contributed by atoms with van der Waals surface area (Å²) in [4.78, 5) is 62.6. The van der Waals surface area contributed by atoms with Crippen molar-refractivity contribution in [3.05, 3.63) is 95.4 Å². The van der Waals surface area contributed by atoms with Crippen molar-refractivity contribution >= 4 is 54.4 Å². The first-order valence-electron chi connectivity index (χ1n) is 18.7. The number of thiocyanates is 1. The van der Waals surface area contributed by atoms with Gasteiger partial charge >= 0.3 is 37.4 Å². The largest absolute Gasteiger partial charge is 2.00 e. The van der Waals surface area contributed by atoms with Crippen molar-refractivity contribution < 1.29 is 58.0 Å². The van der Waals surface area contributed by atoms with E-state index in [0.29, 0.717) is 59.3 Å². The van der Waals surface area contributed by atoms with Crippen LogP contribution in [0.25, 0.3) is 28.2 Å². The molecule has 0 aromatic carbocycles. The van der Waals surface area contributed by atoms with Crippen LogP contribution in [0.4, 0.5) is 0 Å². The van der Waals surface area contributed by atoms with Crippen LogP contribution >= 0.6 is 12.2 Å². The minimum Gasteiger partial charge on any atom is -0.753 e. The summed E-state index contributed by atoms with van der Waals surface area (Å²) in [5, 5.41) is 25.8. The third-order valence-corrected chi connectivity index (χ3v) is 7.90. The molecule has 0 radical (unpaired) electrons. The molecule has 0 aliphatic carbocycles. The Labute approximate surface area is 369 Å². The van der Waals surface area contributed by atoms with Crippen LogP contribution in [-0.2, 0) is 46.4 Å². The Hall–Kier alpha value is -5.39. The minimum absolute atomic E-state index is 0. The third kappa shape index (κ3) is 23.6. The van der Waals surface area contributed by atoms with Crippen molar-refractivity contribution in [1.29, 1.82) is 5.26 Å². The molecular formula is C42H48N6O8RuS2. The van der Waals surface area contributed by atoms with Crippen molar-refractivity contribution in [2.45, 2.75) is 90.9 Å². The number of carbonyl (C=O) groups is 4. The summed E-state index contributed by atoms with van der Waals surface area (Å²) < 4.78 is 15.5. The van der Waals surface area contributed by atoms with Crippen LogP contribution in [0.15, 0.2) is 73.3 Å². The number of esters is 2. The summed E-state index contributed by atoms with van der Waals surface area (Å²) in [5.74, 6) is -1.46. The van der Waals surface area contributed by atoms with Gasteiger partial charge < -0.3 is 37.4 Å². The van der Waals surface area contributed by atoms with E-state index in [1.54, 1.807) is 36.7 Å². The fraction of sp³-hybridized carbons (Fsp3) is 0.381. The van der Waals surface area contributed by atoms with Gasteiger partial charge in [0.15, 0.2) is 0 Å². The molecule has 4 aromatic heterocycles. The minimum atomic E-state index is -1.04. The number of hydrogen-bond donors (Lipinski definition) is 1. The fourth-order valence-electron chi connectivity index (χ4n) is 5.04. The van der Waals surface area contributed by atoms with Gasteiger partial charge in [-0.3, -0.25) is 24.7 Å². The first kappa shape index (κ1) is 53.6. The second kappa shape index (κ2) is 34.6. The molecule has 0 saturated carbocycles. The number of carboxylic acid groups (broad SMARTS) is 1. The molecule has 4 aromatic rings. The van der Waals surface area contributed by atoms with E-state index >= 15 is 0 Å². The van der Waals surface area contributed by atoms with Crippen LogP contribution in [0.2, 0.25) is 0 Å². The van der Waals surface area contributed by atoms with E-state index in [1.807, 2.05) is 0 Å². The van der Waals surface area contributed by atoms with E-state index in [2.05, 4.69) is 63.4 Å². The van der Waals surface area contributed by atoms with Gasteiger partial charge in [0.25, 0.3) is 6.47 Å². The van der Waals surface area contributed by atoms with Gasteiger partial charge in [-0.2, -0.15) is 5.16 Å². The van der Waals surface area contributed by atoms with Gasteiger partial charge in [0, 0.05) is 30.9 Å². The zero-order valence-corrected chi connectivity index (χ0v) is 36.4. The van der Waals surface area contributed by atoms with Gasteiger partial charge in [-0.1, -0.05) is 95.7 Å². The molecule has 0 atom stereocenters. The topological polar surface area (TPSA) is 214 Å². The summed E-state index contributed by atoms with van der Waals surface area (Å²) in [6, 6.07) is 12.4. The molecule has 0 fully saturated rings. The number of nitriles is 1. The van der Waals surface area contributed by atoms with Crippen molar-refractivity contribution in [3.8, 4) is 33.9 Å². The first-order chi connectivity index (χ1) is 28.2. The van der Waals surface area contributed by atoms with Crippen molar-refractivity contribution in [3.63, 3.8) is 0 Å². The van der Waals surface area contributed by atoms with Gasteiger partial charge in [0.05, 0.1) is 52.7 Å². The maximum absolute atomic E-state index is 12.4. The van der Waals surface area contributed by atoms with Crippen molar-refractivity contribution in [2.75, 3.05) is 13.2 Å². The molecule has 0 amide bonds. The summed E-state index contributed by atoms with van der Waals surface area (Å²) in [5.41, 5.74) is 2.81. The number of nitrogens with zero attached hydrogens (tertiary/aromatic N) is 6. The molecule has 0 unspecified atom stereocenters. The predicted octanol–water partition coefficient (Wildman–Crippen LogP) is 9.23. The average Bonchev–Trinajstić information content (AvgIpc) is 3.24. The quantitative estimate of drug-likeness (QED) is 0.0120. The summed E-state index contributed by atoms with van der Waals surface area (Å²) in [6.07, 6.45) is 19.6. The first-order valence-corrected chi connectivity index (χ1v) is 19.6. The molecule has 17 heteroatoms. The van der Waals surface area contributed by atoms with Gasteiger partial charge in [0.2, 0.25) is 0 Å². The number of aromatic nitrogens is 4. The molecule has 1 N–H and O–H groups in total. The maximum Gasteiger partial charge on any atom is 2.00 e. The van der Waals surface area contributed by atoms with Gasteiger partial charge in [-0.15, -0.1) is 0 Å². The van der Waals surface area contributed by atoms with Crippen LogP contribution in [0.3, 0.4) is 0 Å². The molecule has 4 rings (SSSR count).